The third-order valence-electron chi connectivity index (χ3n) is 3.67. The standard InChI is InChI=1S/C17H17F3N2O4S/c1-22(2)27(24,25)11-8-9-15(26-3)12(10-11)16(23)21-14-7-5-4-6-13(14)17(18,19)20/h4-10H,1-3H3,(H,21,23). The summed E-state index contributed by atoms with van der Waals surface area (Å²) in [5, 5.41) is 2.17. The highest BCUT2D eigenvalue weighted by atomic mass is 32.2. The van der Waals surface area contributed by atoms with Crippen molar-refractivity contribution in [3.05, 3.63) is 53.6 Å². The van der Waals surface area contributed by atoms with Crippen molar-refractivity contribution in [1.29, 1.82) is 0 Å². The second-order valence-corrected chi connectivity index (χ2v) is 7.80. The Morgan fingerprint density at radius 2 is 1.74 bits per heavy atom. The van der Waals surface area contributed by atoms with Gasteiger partial charge in [0.25, 0.3) is 5.91 Å². The number of para-hydroxylation sites is 1. The van der Waals surface area contributed by atoms with Gasteiger partial charge in [-0.15, -0.1) is 0 Å². The summed E-state index contributed by atoms with van der Waals surface area (Å²) < 4.78 is 69.8. The molecule has 0 heterocycles. The first kappa shape index (κ1) is 20.7. The van der Waals surface area contributed by atoms with Crippen LogP contribution in [-0.4, -0.2) is 39.8 Å². The van der Waals surface area contributed by atoms with Crippen molar-refractivity contribution in [2.24, 2.45) is 0 Å². The molecular formula is C17H17F3N2O4S. The van der Waals surface area contributed by atoms with Crippen LogP contribution < -0.4 is 10.1 Å². The van der Waals surface area contributed by atoms with Gasteiger partial charge < -0.3 is 10.1 Å². The van der Waals surface area contributed by atoms with Crippen LogP contribution >= 0.6 is 0 Å². The Bertz CT molecular complexity index is 957. The fourth-order valence-electron chi connectivity index (χ4n) is 2.26. The van der Waals surface area contributed by atoms with E-state index in [9.17, 15) is 26.4 Å². The highest BCUT2D eigenvalue weighted by Crippen LogP contribution is 2.35. The topological polar surface area (TPSA) is 75.7 Å². The van der Waals surface area contributed by atoms with Crippen molar-refractivity contribution in [3.63, 3.8) is 0 Å². The SMILES string of the molecule is COc1ccc(S(=O)(=O)N(C)C)cc1C(=O)Nc1ccccc1C(F)(F)F. The van der Waals surface area contributed by atoms with Crippen LogP contribution in [0.3, 0.4) is 0 Å². The van der Waals surface area contributed by atoms with E-state index in [1.807, 2.05) is 0 Å². The first-order chi connectivity index (χ1) is 12.5. The number of alkyl halides is 3. The monoisotopic (exact) mass is 402 g/mol. The number of carbonyl (C=O) groups is 1. The first-order valence-corrected chi connectivity index (χ1v) is 9.00. The lowest BCUT2D eigenvalue weighted by Crippen LogP contribution is -2.23. The first-order valence-electron chi connectivity index (χ1n) is 7.56. The second kappa shape index (κ2) is 7.57. The molecule has 0 aliphatic heterocycles. The average Bonchev–Trinajstić information content (AvgIpc) is 2.60. The van der Waals surface area contributed by atoms with E-state index in [-0.39, 0.29) is 16.2 Å². The molecule has 1 N–H and O–H groups in total. The van der Waals surface area contributed by atoms with Crippen LogP contribution in [0.1, 0.15) is 15.9 Å². The number of halogens is 3. The van der Waals surface area contributed by atoms with Gasteiger partial charge in [-0.05, 0) is 30.3 Å². The predicted molar refractivity (Wildman–Crippen MR) is 93.3 cm³/mol. The number of nitrogens with one attached hydrogen (secondary N) is 1. The number of methoxy groups -OCH3 is 1. The summed E-state index contributed by atoms with van der Waals surface area (Å²) >= 11 is 0. The van der Waals surface area contributed by atoms with Gasteiger partial charge in [0.15, 0.2) is 0 Å². The van der Waals surface area contributed by atoms with Crippen molar-refractivity contribution in [3.8, 4) is 5.75 Å². The fraction of sp³-hybridized carbons (Fsp3) is 0.235. The van der Waals surface area contributed by atoms with E-state index >= 15 is 0 Å². The van der Waals surface area contributed by atoms with Crippen LogP contribution in [0.4, 0.5) is 18.9 Å². The minimum atomic E-state index is -4.66. The van der Waals surface area contributed by atoms with Gasteiger partial charge in [-0.1, -0.05) is 12.1 Å². The Kier molecular flexibility index (Phi) is 5.81. The summed E-state index contributed by atoms with van der Waals surface area (Å²) in [6, 6.07) is 8.04. The number of nitrogens with zero attached hydrogens (tertiary/aromatic N) is 1. The van der Waals surface area contributed by atoms with Gasteiger partial charge in [-0.3, -0.25) is 4.79 Å². The number of sulfonamides is 1. The van der Waals surface area contributed by atoms with Crippen molar-refractivity contribution in [2.45, 2.75) is 11.1 Å². The summed E-state index contributed by atoms with van der Waals surface area (Å²) in [7, 11) is 0.0521. The summed E-state index contributed by atoms with van der Waals surface area (Å²) in [5.41, 5.74) is -1.68. The highest BCUT2D eigenvalue weighted by molar-refractivity contribution is 7.89. The molecule has 1 amide bonds. The Balaban J connectivity index is 2.48. The van der Waals surface area contributed by atoms with E-state index in [2.05, 4.69) is 5.32 Å². The normalized spacial score (nSPS) is 12.1. The van der Waals surface area contributed by atoms with Crippen LogP contribution in [0.15, 0.2) is 47.4 Å². The van der Waals surface area contributed by atoms with Crippen LogP contribution in [0, 0.1) is 0 Å². The predicted octanol–water partition coefficient (Wildman–Crippen LogP) is 3.22. The third-order valence-corrected chi connectivity index (χ3v) is 5.49. The van der Waals surface area contributed by atoms with E-state index in [4.69, 9.17) is 4.74 Å². The lowest BCUT2D eigenvalue weighted by molar-refractivity contribution is -0.136. The molecule has 2 rings (SSSR count). The summed E-state index contributed by atoms with van der Waals surface area (Å²) in [6.07, 6.45) is -4.66. The molecule has 0 saturated carbocycles. The molecule has 0 bridgehead atoms. The number of ether oxygens (including phenoxy) is 1. The van der Waals surface area contributed by atoms with E-state index in [0.717, 1.165) is 22.5 Å². The third kappa shape index (κ3) is 4.40. The Morgan fingerprint density at radius 3 is 2.30 bits per heavy atom. The minimum absolute atomic E-state index is 0.0229. The minimum Gasteiger partial charge on any atom is -0.496 e. The number of rotatable bonds is 5. The van der Waals surface area contributed by atoms with Crippen LogP contribution in [-0.2, 0) is 16.2 Å². The average molecular weight is 402 g/mol. The molecule has 0 fully saturated rings. The number of hydrogen-bond acceptors (Lipinski definition) is 4. The molecule has 10 heteroatoms. The molecule has 0 atom stereocenters. The zero-order valence-electron chi connectivity index (χ0n) is 14.7. The van der Waals surface area contributed by atoms with Gasteiger partial charge in [0, 0.05) is 14.1 Å². The van der Waals surface area contributed by atoms with Crippen LogP contribution in [0.5, 0.6) is 5.75 Å². The molecule has 0 radical (unpaired) electrons. The van der Waals surface area contributed by atoms with E-state index in [0.29, 0.717) is 0 Å². The molecule has 0 unspecified atom stereocenters. The van der Waals surface area contributed by atoms with Gasteiger partial charge in [0.2, 0.25) is 10.0 Å². The number of anilines is 1. The number of carbonyl (C=O) groups excluding carboxylic acids is 1. The van der Waals surface area contributed by atoms with Crippen molar-refractivity contribution >= 4 is 21.6 Å². The molecule has 0 aromatic heterocycles. The van der Waals surface area contributed by atoms with Gasteiger partial charge in [-0.2, -0.15) is 13.2 Å². The summed E-state index contributed by atoms with van der Waals surface area (Å²) in [4.78, 5) is 12.4. The summed E-state index contributed by atoms with van der Waals surface area (Å²) in [6.45, 7) is 0. The van der Waals surface area contributed by atoms with Crippen molar-refractivity contribution in [1.82, 2.24) is 4.31 Å². The highest BCUT2D eigenvalue weighted by Gasteiger charge is 2.34. The Hall–Kier alpha value is -2.59. The van der Waals surface area contributed by atoms with E-state index < -0.39 is 33.4 Å². The molecule has 146 valence electrons. The molecule has 0 aliphatic carbocycles. The van der Waals surface area contributed by atoms with E-state index in [1.165, 1.54) is 45.5 Å². The molecule has 0 saturated heterocycles. The lowest BCUT2D eigenvalue weighted by Gasteiger charge is -2.16. The van der Waals surface area contributed by atoms with Crippen molar-refractivity contribution < 1.29 is 31.1 Å². The van der Waals surface area contributed by atoms with Crippen molar-refractivity contribution in [2.75, 3.05) is 26.5 Å². The van der Waals surface area contributed by atoms with Gasteiger partial charge >= 0.3 is 6.18 Å². The summed E-state index contributed by atoms with van der Waals surface area (Å²) in [5.74, 6) is -0.908. The lowest BCUT2D eigenvalue weighted by atomic mass is 10.1. The second-order valence-electron chi connectivity index (χ2n) is 5.65. The molecule has 0 spiro atoms. The van der Waals surface area contributed by atoms with Gasteiger partial charge in [0.1, 0.15) is 5.75 Å². The maximum absolute atomic E-state index is 13.1. The Labute approximate surface area is 154 Å². The molecular weight excluding hydrogens is 385 g/mol. The van der Waals surface area contributed by atoms with E-state index in [1.54, 1.807) is 0 Å². The van der Waals surface area contributed by atoms with Crippen LogP contribution in [0.2, 0.25) is 0 Å². The smallest absolute Gasteiger partial charge is 0.418 e. The molecule has 6 nitrogen and oxygen atoms in total. The Morgan fingerprint density at radius 1 is 1.11 bits per heavy atom. The maximum Gasteiger partial charge on any atom is 0.418 e. The zero-order chi connectivity index (χ0) is 20.4. The quantitative estimate of drug-likeness (QED) is 0.833. The van der Waals surface area contributed by atoms with Gasteiger partial charge in [-0.25, -0.2) is 12.7 Å². The van der Waals surface area contributed by atoms with Gasteiger partial charge in [0.05, 0.1) is 28.8 Å². The number of amides is 1. The molecule has 2 aromatic carbocycles. The molecule has 0 aliphatic rings. The largest absolute Gasteiger partial charge is 0.496 e. The molecule has 2 aromatic rings. The zero-order valence-corrected chi connectivity index (χ0v) is 15.5. The maximum atomic E-state index is 13.1. The van der Waals surface area contributed by atoms with Crippen LogP contribution in [0.25, 0.3) is 0 Å². The number of hydrogen-bond donors (Lipinski definition) is 1. The molecule has 27 heavy (non-hydrogen) atoms. The number of benzene rings is 2. The fourth-order valence-corrected chi connectivity index (χ4v) is 3.19.